The molecular weight excluding hydrogens is 130 g/mol. The Morgan fingerprint density at radius 3 is 2.50 bits per heavy atom. The highest BCUT2D eigenvalue weighted by molar-refractivity contribution is 4.58. The third-order valence-electron chi connectivity index (χ3n) is 1.17. The van der Waals surface area contributed by atoms with Gasteiger partial charge in [0.25, 0.3) is 0 Å². The number of ether oxygens (including phenoxy) is 2. The SMILES string of the molecule is CC.CO[C@@H]1COCCN1. The molecule has 0 bridgehead atoms. The Labute approximate surface area is 62.7 Å². The lowest BCUT2D eigenvalue weighted by Crippen LogP contribution is -2.42. The summed E-state index contributed by atoms with van der Waals surface area (Å²) < 4.78 is 10.0. The maximum Gasteiger partial charge on any atom is 0.131 e. The minimum atomic E-state index is 0.115. The largest absolute Gasteiger partial charge is 0.376 e. The molecule has 0 aliphatic carbocycles. The molecule has 0 unspecified atom stereocenters. The highest BCUT2D eigenvalue weighted by Gasteiger charge is 2.09. The van der Waals surface area contributed by atoms with E-state index in [1.54, 1.807) is 7.11 Å². The van der Waals surface area contributed by atoms with E-state index in [1.807, 2.05) is 13.8 Å². The third kappa shape index (κ3) is 3.82. The van der Waals surface area contributed by atoms with Crippen molar-refractivity contribution in [2.45, 2.75) is 20.1 Å². The van der Waals surface area contributed by atoms with Gasteiger partial charge in [-0.3, -0.25) is 5.32 Å². The quantitative estimate of drug-likeness (QED) is 0.589. The Bertz CT molecular complexity index is 62.6. The fourth-order valence-electron chi connectivity index (χ4n) is 0.693. The van der Waals surface area contributed by atoms with Crippen LogP contribution in [0.15, 0.2) is 0 Å². The maximum atomic E-state index is 5.09. The van der Waals surface area contributed by atoms with Crippen LogP contribution in [0.4, 0.5) is 0 Å². The van der Waals surface area contributed by atoms with E-state index in [2.05, 4.69) is 5.32 Å². The summed E-state index contributed by atoms with van der Waals surface area (Å²) >= 11 is 0. The first-order valence-electron chi connectivity index (χ1n) is 3.77. The zero-order chi connectivity index (χ0) is 7.82. The van der Waals surface area contributed by atoms with Crippen molar-refractivity contribution in [1.82, 2.24) is 5.32 Å². The minimum absolute atomic E-state index is 0.115. The summed E-state index contributed by atoms with van der Waals surface area (Å²) in [5.41, 5.74) is 0. The molecule has 1 aliphatic heterocycles. The van der Waals surface area contributed by atoms with Crippen LogP contribution in [0.2, 0.25) is 0 Å². The Kier molecular flexibility index (Phi) is 6.91. The average molecular weight is 147 g/mol. The molecule has 3 nitrogen and oxygen atoms in total. The van der Waals surface area contributed by atoms with Crippen molar-refractivity contribution in [2.24, 2.45) is 0 Å². The average Bonchev–Trinajstić information content (AvgIpc) is 2.10. The fraction of sp³-hybridized carbons (Fsp3) is 1.00. The summed E-state index contributed by atoms with van der Waals surface area (Å²) in [6, 6.07) is 0. The first kappa shape index (κ1) is 9.88. The number of hydrogen-bond acceptors (Lipinski definition) is 3. The van der Waals surface area contributed by atoms with E-state index >= 15 is 0 Å². The normalized spacial score (nSPS) is 24.9. The molecule has 1 rings (SSSR count). The van der Waals surface area contributed by atoms with Gasteiger partial charge in [-0.05, 0) is 0 Å². The van der Waals surface area contributed by atoms with E-state index in [4.69, 9.17) is 9.47 Å². The smallest absolute Gasteiger partial charge is 0.131 e. The van der Waals surface area contributed by atoms with Gasteiger partial charge in [-0.25, -0.2) is 0 Å². The van der Waals surface area contributed by atoms with Crippen molar-refractivity contribution >= 4 is 0 Å². The van der Waals surface area contributed by atoms with Crippen LogP contribution in [0.5, 0.6) is 0 Å². The summed E-state index contributed by atoms with van der Waals surface area (Å²) in [5, 5.41) is 3.12. The second kappa shape index (κ2) is 6.99. The van der Waals surface area contributed by atoms with Gasteiger partial charge in [-0.2, -0.15) is 0 Å². The molecule has 3 heteroatoms. The predicted molar refractivity (Wildman–Crippen MR) is 41.0 cm³/mol. The monoisotopic (exact) mass is 147 g/mol. The van der Waals surface area contributed by atoms with Crippen molar-refractivity contribution in [2.75, 3.05) is 26.9 Å². The molecule has 1 N–H and O–H groups in total. The standard InChI is InChI=1S/C5H11NO2.C2H6/c1-7-5-4-8-3-2-6-5;1-2/h5-6H,2-4H2,1H3;1-2H3/t5-;/m1./s1. The van der Waals surface area contributed by atoms with E-state index in [0.717, 1.165) is 13.2 Å². The summed E-state index contributed by atoms with van der Waals surface area (Å²) in [6.07, 6.45) is 0.115. The molecule has 10 heavy (non-hydrogen) atoms. The van der Waals surface area contributed by atoms with Gasteiger partial charge in [0, 0.05) is 13.7 Å². The Hall–Kier alpha value is -0.120. The minimum Gasteiger partial charge on any atom is -0.376 e. The Morgan fingerprint density at radius 2 is 2.20 bits per heavy atom. The molecule has 62 valence electrons. The fourth-order valence-corrected chi connectivity index (χ4v) is 0.693. The predicted octanol–water partition coefficient (Wildman–Crippen LogP) is 0.605. The van der Waals surface area contributed by atoms with Crippen molar-refractivity contribution < 1.29 is 9.47 Å². The first-order valence-corrected chi connectivity index (χ1v) is 3.77. The molecule has 0 aromatic carbocycles. The molecular formula is C7H17NO2. The Morgan fingerprint density at radius 1 is 1.50 bits per heavy atom. The van der Waals surface area contributed by atoms with E-state index in [-0.39, 0.29) is 6.23 Å². The van der Waals surface area contributed by atoms with Crippen molar-refractivity contribution in [3.63, 3.8) is 0 Å². The molecule has 1 saturated heterocycles. The van der Waals surface area contributed by atoms with Gasteiger partial charge in [-0.1, -0.05) is 13.8 Å². The molecule has 0 amide bonds. The number of morpholine rings is 1. The highest BCUT2D eigenvalue weighted by Crippen LogP contribution is 1.91. The van der Waals surface area contributed by atoms with Crippen LogP contribution in [0.3, 0.4) is 0 Å². The van der Waals surface area contributed by atoms with Crippen LogP contribution in [0.1, 0.15) is 13.8 Å². The van der Waals surface area contributed by atoms with Crippen molar-refractivity contribution in [1.29, 1.82) is 0 Å². The van der Waals surface area contributed by atoms with Crippen molar-refractivity contribution in [3.05, 3.63) is 0 Å². The number of hydrogen-bond donors (Lipinski definition) is 1. The van der Waals surface area contributed by atoms with E-state index < -0.39 is 0 Å². The second-order valence-electron chi connectivity index (χ2n) is 1.75. The van der Waals surface area contributed by atoms with E-state index in [0.29, 0.717) is 6.61 Å². The summed E-state index contributed by atoms with van der Waals surface area (Å²) in [7, 11) is 1.67. The highest BCUT2D eigenvalue weighted by atomic mass is 16.5. The second-order valence-corrected chi connectivity index (χ2v) is 1.75. The molecule has 0 spiro atoms. The van der Waals surface area contributed by atoms with Crippen LogP contribution in [-0.2, 0) is 9.47 Å². The molecule has 1 fully saturated rings. The molecule has 0 aromatic rings. The molecule has 1 aliphatic rings. The third-order valence-corrected chi connectivity index (χ3v) is 1.17. The van der Waals surface area contributed by atoms with Gasteiger partial charge in [0.15, 0.2) is 0 Å². The topological polar surface area (TPSA) is 30.5 Å². The number of methoxy groups -OCH3 is 1. The van der Waals surface area contributed by atoms with Crippen LogP contribution in [-0.4, -0.2) is 33.1 Å². The van der Waals surface area contributed by atoms with Gasteiger partial charge in [0.1, 0.15) is 6.23 Å². The molecule has 0 aromatic heterocycles. The molecule has 0 saturated carbocycles. The van der Waals surface area contributed by atoms with Crippen LogP contribution >= 0.6 is 0 Å². The maximum absolute atomic E-state index is 5.09. The van der Waals surface area contributed by atoms with E-state index in [1.165, 1.54) is 0 Å². The summed E-state index contributed by atoms with van der Waals surface area (Å²) in [5.74, 6) is 0. The van der Waals surface area contributed by atoms with Crippen LogP contribution in [0, 0.1) is 0 Å². The zero-order valence-corrected chi connectivity index (χ0v) is 7.02. The van der Waals surface area contributed by atoms with Gasteiger partial charge < -0.3 is 9.47 Å². The van der Waals surface area contributed by atoms with Crippen LogP contribution in [0.25, 0.3) is 0 Å². The molecule has 1 heterocycles. The van der Waals surface area contributed by atoms with Gasteiger partial charge in [0.05, 0.1) is 13.2 Å². The van der Waals surface area contributed by atoms with Crippen molar-refractivity contribution in [3.8, 4) is 0 Å². The molecule has 0 radical (unpaired) electrons. The summed E-state index contributed by atoms with van der Waals surface area (Å²) in [4.78, 5) is 0. The van der Waals surface area contributed by atoms with Gasteiger partial charge in [-0.15, -0.1) is 0 Å². The number of nitrogens with one attached hydrogen (secondary N) is 1. The summed E-state index contributed by atoms with van der Waals surface area (Å²) in [6.45, 7) is 6.38. The van der Waals surface area contributed by atoms with E-state index in [9.17, 15) is 0 Å². The molecule has 1 atom stereocenters. The van der Waals surface area contributed by atoms with Gasteiger partial charge >= 0.3 is 0 Å². The lowest BCUT2D eigenvalue weighted by molar-refractivity contribution is -0.0403. The lowest BCUT2D eigenvalue weighted by atomic mass is 10.5. The van der Waals surface area contributed by atoms with Crippen LogP contribution < -0.4 is 5.32 Å². The Balaban J connectivity index is 0.000000371. The lowest BCUT2D eigenvalue weighted by Gasteiger charge is -2.21. The zero-order valence-electron chi connectivity index (χ0n) is 7.02. The first-order chi connectivity index (χ1) is 4.93. The van der Waals surface area contributed by atoms with Gasteiger partial charge in [0.2, 0.25) is 0 Å². The number of rotatable bonds is 1.